The van der Waals surface area contributed by atoms with Gasteiger partial charge in [-0.25, -0.2) is 0 Å². The third-order valence-corrected chi connectivity index (χ3v) is 5.79. The monoisotopic (exact) mass is 336 g/mol. The lowest BCUT2D eigenvalue weighted by Gasteiger charge is -2.09. The van der Waals surface area contributed by atoms with Crippen LogP contribution in [0.1, 0.15) is 23.1 Å². The van der Waals surface area contributed by atoms with Gasteiger partial charge in [-0.15, -0.1) is 23.1 Å². The molecule has 1 aliphatic rings. The standard InChI is InChI=1S/C15H13BrS2/c16-8-3-6-13-12-5-2-1-4-11(12)10-18-15-14(13)7-9-17-15/h1-2,4-7,9H,3,8,10H2/b13-6-. The zero-order valence-electron chi connectivity index (χ0n) is 9.86. The Morgan fingerprint density at radius 3 is 2.94 bits per heavy atom. The van der Waals surface area contributed by atoms with E-state index < -0.39 is 0 Å². The number of hydrogen-bond donors (Lipinski definition) is 0. The van der Waals surface area contributed by atoms with Crippen LogP contribution in [0.3, 0.4) is 0 Å². The van der Waals surface area contributed by atoms with Gasteiger partial charge in [0, 0.05) is 16.6 Å². The van der Waals surface area contributed by atoms with Crippen LogP contribution in [0.4, 0.5) is 0 Å². The summed E-state index contributed by atoms with van der Waals surface area (Å²) >= 11 is 7.34. The second-order valence-electron chi connectivity index (χ2n) is 4.16. The van der Waals surface area contributed by atoms with Crippen molar-refractivity contribution in [2.24, 2.45) is 0 Å². The first kappa shape index (κ1) is 12.5. The Balaban J connectivity index is 2.17. The zero-order chi connectivity index (χ0) is 12.4. The predicted octanol–water partition coefficient (Wildman–Crippen LogP) is 5.57. The third kappa shape index (κ3) is 2.31. The molecule has 1 aromatic heterocycles. The van der Waals surface area contributed by atoms with Gasteiger partial charge in [0.25, 0.3) is 0 Å². The van der Waals surface area contributed by atoms with Crippen molar-refractivity contribution >= 4 is 44.6 Å². The van der Waals surface area contributed by atoms with E-state index in [1.165, 1.54) is 26.5 Å². The summed E-state index contributed by atoms with van der Waals surface area (Å²) in [4.78, 5) is 0. The molecule has 92 valence electrons. The average molecular weight is 337 g/mol. The highest BCUT2D eigenvalue weighted by molar-refractivity contribution is 9.09. The van der Waals surface area contributed by atoms with Gasteiger partial charge in [-0.3, -0.25) is 0 Å². The Morgan fingerprint density at radius 2 is 2.06 bits per heavy atom. The van der Waals surface area contributed by atoms with Crippen LogP contribution in [-0.2, 0) is 5.75 Å². The fraction of sp³-hybridized carbons (Fsp3) is 0.200. The van der Waals surface area contributed by atoms with E-state index in [1.54, 1.807) is 0 Å². The first-order valence-electron chi connectivity index (χ1n) is 5.95. The second-order valence-corrected chi connectivity index (χ2v) is 7.12. The summed E-state index contributed by atoms with van der Waals surface area (Å²) in [7, 11) is 0. The van der Waals surface area contributed by atoms with Crippen LogP contribution in [0.25, 0.3) is 5.57 Å². The van der Waals surface area contributed by atoms with Crippen LogP contribution in [0, 0.1) is 0 Å². The summed E-state index contributed by atoms with van der Waals surface area (Å²) in [5, 5.41) is 3.22. The van der Waals surface area contributed by atoms with E-state index in [1.807, 2.05) is 23.1 Å². The van der Waals surface area contributed by atoms with Gasteiger partial charge in [0.1, 0.15) is 0 Å². The van der Waals surface area contributed by atoms with Crippen molar-refractivity contribution in [1.82, 2.24) is 0 Å². The SMILES string of the molecule is BrCC/C=C1/c2ccccc2CSc2sccc21. The fourth-order valence-electron chi connectivity index (χ4n) is 2.22. The smallest absolute Gasteiger partial charge is 0.0680 e. The molecule has 2 heterocycles. The summed E-state index contributed by atoms with van der Waals surface area (Å²) < 4.78 is 1.45. The maximum absolute atomic E-state index is 3.52. The van der Waals surface area contributed by atoms with Gasteiger partial charge in [0.05, 0.1) is 4.21 Å². The fourth-order valence-corrected chi connectivity index (χ4v) is 4.57. The Labute approximate surface area is 124 Å². The van der Waals surface area contributed by atoms with Crippen molar-refractivity contribution in [1.29, 1.82) is 0 Å². The normalized spacial score (nSPS) is 16.2. The molecule has 0 bridgehead atoms. The lowest BCUT2D eigenvalue weighted by atomic mass is 9.95. The lowest BCUT2D eigenvalue weighted by Crippen LogP contribution is -1.90. The lowest BCUT2D eigenvalue weighted by molar-refractivity contribution is 1.25. The molecule has 1 aliphatic heterocycles. The maximum Gasteiger partial charge on any atom is 0.0680 e. The number of benzene rings is 1. The summed E-state index contributed by atoms with van der Waals surface area (Å²) in [6.07, 6.45) is 3.44. The molecule has 3 rings (SSSR count). The van der Waals surface area contributed by atoms with E-state index in [9.17, 15) is 0 Å². The maximum atomic E-state index is 3.52. The molecule has 3 heteroatoms. The van der Waals surface area contributed by atoms with Gasteiger partial charge in [0.15, 0.2) is 0 Å². The molecule has 0 unspecified atom stereocenters. The van der Waals surface area contributed by atoms with Crippen molar-refractivity contribution in [2.75, 3.05) is 5.33 Å². The van der Waals surface area contributed by atoms with E-state index >= 15 is 0 Å². The van der Waals surface area contributed by atoms with E-state index in [0.29, 0.717) is 0 Å². The number of halogens is 1. The minimum absolute atomic E-state index is 1.02. The van der Waals surface area contributed by atoms with E-state index in [-0.39, 0.29) is 0 Å². The van der Waals surface area contributed by atoms with E-state index in [2.05, 4.69) is 57.7 Å². The molecule has 0 radical (unpaired) electrons. The number of thioether (sulfide) groups is 1. The van der Waals surface area contributed by atoms with Crippen molar-refractivity contribution in [3.05, 3.63) is 58.5 Å². The molecule has 0 saturated heterocycles. The molecule has 0 spiro atoms. The minimum Gasteiger partial charge on any atom is -0.137 e. The molecule has 0 atom stereocenters. The third-order valence-electron chi connectivity index (χ3n) is 3.04. The van der Waals surface area contributed by atoms with Gasteiger partial charge < -0.3 is 0 Å². The molecule has 18 heavy (non-hydrogen) atoms. The molecule has 0 N–H and O–H groups in total. The molecular weight excluding hydrogens is 324 g/mol. The quantitative estimate of drug-likeness (QED) is 0.646. The molecule has 0 fully saturated rings. The summed E-state index contributed by atoms with van der Waals surface area (Å²) in [5.41, 5.74) is 5.68. The number of fused-ring (bicyclic) bond motifs is 2. The Morgan fingerprint density at radius 1 is 1.17 bits per heavy atom. The van der Waals surface area contributed by atoms with Crippen LogP contribution in [0.15, 0.2) is 46.0 Å². The summed E-state index contributed by atoms with van der Waals surface area (Å²) in [5.74, 6) is 1.08. The van der Waals surface area contributed by atoms with Gasteiger partial charge in [-0.2, -0.15) is 0 Å². The summed E-state index contributed by atoms with van der Waals surface area (Å²) in [6.45, 7) is 0. The summed E-state index contributed by atoms with van der Waals surface area (Å²) in [6, 6.07) is 11.0. The second kappa shape index (κ2) is 5.64. The predicted molar refractivity (Wildman–Crippen MR) is 85.8 cm³/mol. The first-order valence-corrected chi connectivity index (χ1v) is 8.94. The molecular formula is C15H13BrS2. The molecule has 2 aromatic rings. The highest BCUT2D eigenvalue weighted by atomic mass is 79.9. The van der Waals surface area contributed by atoms with Crippen LogP contribution >= 0.6 is 39.0 Å². The molecule has 1 aromatic carbocycles. The van der Waals surface area contributed by atoms with Gasteiger partial charge >= 0.3 is 0 Å². The molecule has 0 saturated carbocycles. The largest absolute Gasteiger partial charge is 0.137 e. The Kier molecular flexibility index (Phi) is 3.92. The van der Waals surface area contributed by atoms with Crippen molar-refractivity contribution in [2.45, 2.75) is 16.4 Å². The van der Waals surface area contributed by atoms with Crippen molar-refractivity contribution in [3.8, 4) is 0 Å². The highest BCUT2D eigenvalue weighted by Gasteiger charge is 2.18. The van der Waals surface area contributed by atoms with E-state index in [4.69, 9.17) is 0 Å². The van der Waals surface area contributed by atoms with Crippen molar-refractivity contribution in [3.63, 3.8) is 0 Å². The minimum atomic E-state index is 1.02. The van der Waals surface area contributed by atoms with Gasteiger partial charge in [0.2, 0.25) is 0 Å². The van der Waals surface area contributed by atoms with E-state index in [0.717, 1.165) is 17.5 Å². The topological polar surface area (TPSA) is 0 Å². The van der Waals surface area contributed by atoms with Crippen molar-refractivity contribution < 1.29 is 0 Å². The van der Waals surface area contributed by atoms with Crippen LogP contribution in [-0.4, -0.2) is 5.33 Å². The highest BCUT2D eigenvalue weighted by Crippen LogP contribution is 2.42. The average Bonchev–Trinajstić information content (AvgIpc) is 2.81. The number of alkyl halides is 1. The zero-order valence-corrected chi connectivity index (χ0v) is 13.1. The van der Waals surface area contributed by atoms with Crippen LogP contribution in [0.2, 0.25) is 0 Å². The number of thiophene rings is 1. The van der Waals surface area contributed by atoms with Crippen LogP contribution in [0.5, 0.6) is 0 Å². The number of rotatable bonds is 2. The Hall–Kier alpha value is -0.510. The van der Waals surface area contributed by atoms with Crippen LogP contribution < -0.4 is 0 Å². The molecule has 0 nitrogen and oxygen atoms in total. The first-order chi connectivity index (χ1) is 8.90. The molecule has 0 amide bonds. The van der Waals surface area contributed by atoms with Gasteiger partial charge in [-0.05, 0) is 34.6 Å². The van der Waals surface area contributed by atoms with Gasteiger partial charge in [-0.1, -0.05) is 46.3 Å². The number of hydrogen-bond acceptors (Lipinski definition) is 2. The number of allylic oxidation sites excluding steroid dienone is 1. The molecule has 0 aliphatic carbocycles. The Bertz CT molecular complexity index is 584.